The molecule has 0 unspecified atom stereocenters. The summed E-state index contributed by atoms with van der Waals surface area (Å²) in [5.41, 5.74) is -0.404. The lowest BCUT2D eigenvalue weighted by atomic mass is 9.94. The van der Waals surface area contributed by atoms with Crippen molar-refractivity contribution in [3.63, 3.8) is 0 Å². The molecule has 0 amide bonds. The molecule has 1 saturated heterocycles. The van der Waals surface area contributed by atoms with Gasteiger partial charge in [0.2, 0.25) is 0 Å². The van der Waals surface area contributed by atoms with Gasteiger partial charge in [0.1, 0.15) is 5.65 Å². The Morgan fingerprint density at radius 2 is 1.95 bits per heavy atom. The van der Waals surface area contributed by atoms with E-state index in [4.69, 9.17) is 0 Å². The third-order valence-corrected chi connectivity index (χ3v) is 3.76. The van der Waals surface area contributed by atoms with Crippen molar-refractivity contribution < 1.29 is 13.2 Å². The normalized spacial score (nSPS) is 17.3. The first kappa shape index (κ1) is 14.1. The molecule has 112 valence electrons. The topological polar surface area (TPSA) is 46.4 Å². The molecule has 2 aromatic heterocycles. The highest BCUT2D eigenvalue weighted by atomic mass is 19.4. The molecule has 0 atom stereocenters. The summed E-state index contributed by atoms with van der Waals surface area (Å²) in [6, 6.07) is 3.55. The summed E-state index contributed by atoms with van der Waals surface area (Å²) in [5.74, 6) is 0.186. The molecule has 1 N–H and O–H groups in total. The zero-order chi connectivity index (χ0) is 15.0. The number of hydrogen-bond donors (Lipinski definition) is 1. The zero-order valence-electron chi connectivity index (χ0n) is 11.2. The summed E-state index contributed by atoms with van der Waals surface area (Å²) in [5, 5.41) is 3.22. The van der Waals surface area contributed by atoms with Gasteiger partial charge in [-0.1, -0.05) is 0 Å². The van der Waals surface area contributed by atoms with Crippen LogP contribution in [-0.4, -0.2) is 22.5 Å². The zero-order valence-corrected chi connectivity index (χ0v) is 11.2. The van der Waals surface area contributed by atoms with E-state index in [0.717, 1.165) is 42.6 Å². The SMILES string of the molecule is O=c1cc(C2CCNCC2)nc2ccc(C(F)(F)F)cn12. The molecule has 0 aliphatic carbocycles. The molecular weight excluding hydrogens is 283 g/mol. The van der Waals surface area contributed by atoms with Crippen molar-refractivity contribution in [1.29, 1.82) is 0 Å². The minimum atomic E-state index is -4.47. The van der Waals surface area contributed by atoms with Crippen LogP contribution in [0.5, 0.6) is 0 Å². The quantitative estimate of drug-likeness (QED) is 0.877. The maximum Gasteiger partial charge on any atom is 0.417 e. The highest BCUT2D eigenvalue weighted by Crippen LogP contribution is 2.29. The molecule has 2 aromatic rings. The number of hydrogen-bond acceptors (Lipinski definition) is 3. The number of piperidine rings is 1. The highest BCUT2D eigenvalue weighted by molar-refractivity contribution is 5.41. The first-order valence-corrected chi connectivity index (χ1v) is 6.76. The number of halogens is 3. The lowest BCUT2D eigenvalue weighted by molar-refractivity contribution is -0.137. The monoisotopic (exact) mass is 297 g/mol. The van der Waals surface area contributed by atoms with Crippen molar-refractivity contribution >= 4 is 5.65 Å². The van der Waals surface area contributed by atoms with Crippen LogP contribution in [0.15, 0.2) is 29.2 Å². The minimum absolute atomic E-state index is 0.186. The predicted octanol–water partition coefficient (Wildman–Crippen LogP) is 2.18. The molecule has 3 heterocycles. The fourth-order valence-electron chi connectivity index (χ4n) is 2.62. The van der Waals surface area contributed by atoms with Gasteiger partial charge in [-0.25, -0.2) is 4.98 Å². The number of nitrogens with zero attached hydrogens (tertiary/aromatic N) is 2. The molecule has 0 bridgehead atoms. The van der Waals surface area contributed by atoms with Crippen LogP contribution >= 0.6 is 0 Å². The molecule has 4 nitrogen and oxygen atoms in total. The number of nitrogens with one attached hydrogen (secondary N) is 1. The first-order chi connectivity index (χ1) is 9.95. The van der Waals surface area contributed by atoms with Crippen LogP contribution in [0.4, 0.5) is 13.2 Å². The number of aromatic nitrogens is 2. The number of alkyl halides is 3. The molecular formula is C14H14F3N3O. The van der Waals surface area contributed by atoms with Crippen LogP contribution in [0.2, 0.25) is 0 Å². The van der Waals surface area contributed by atoms with E-state index in [0.29, 0.717) is 5.69 Å². The van der Waals surface area contributed by atoms with Gasteiger partial charge in [-0.05, 0) is 38.1 Å². The van der Waals surface area contributed by atoms with Crippen LogP contribution in [0, 0.1) is 0 Å². The lowest BCUT2D eigenvalue weighted by Crippen LogP contribution is -2.28. The van der Waals surface area contributed by atoms with Crippen molar-refractivity contribution in [2.45, 2.75) is 24.9 Å². The molecule has 1 fully saturated rings. The fourth-order valence-corrected chi connectivity index (χ4v) is 2.62. The van der Waals surface area contributed by atoms with Gasteiger partial charge in [0, 0.05) is 18.2 Å². The van der Waals surface area contributed by atoms with Crippen LogP contribution in [0.3, 0.4) is 0 Å². The molecule has 3 rings (SSSR count). The Balaban J connectivity index is 2.07. The fraction of sp³-hybridized carbons (Fsp3) is 0.429. The van der Waals surface area contributed by atoms with Gasteiger partial charge in [0.05, 0.1) is 11.3 Å². The van der Waals surface area contributed by atoms with E-state index in [1.54, 1.807) is 0 Å². The van der Waals surface area contributed by atoms with Crippen molar-refractivity contribution in [2.24, 2.45) is 0 Å². The molecule has 0 saturated carbocycles. The van der Waals surface area contributed by atoms with Gasteiger partial charge in [0.15, 0.2) is 0 Å². The van der Waals surface area contributed by atoms with Gasteiger partial charge in [-0.15, -0.1) is 0 Å². The molecule has 21 heavy (non-hydrogen) atoms. The van der Waals surface area contributed by atoms with E-state index in [2.05, 4.69) is 10.3 Å². The Morgan fingerprint density at radius 3 is 2.62 bits per heavy atom. The summed E-state index contributed by atoms with van der Waals surface area (Å²) >= 11 is 0. The second-order valence-electron chi connectivity index (χ2n) is 5.19. The third-order valence-electron chi connectivity index (χ3n) is 3.76. The molecule has 7 heteroatoms. The van der Waals surface area contributed by atoms with Gasteiger partial charge in [0.25, 0.3) is 5.56 Å². The van der Waals surface area contributed by atoms with E-state index < -0.39 is 17.3 Å². The standard InChI is InChI=1S/C14H14F3N3O/c15-14(16,17)10-1-2-12-19-11(7-13(21)20(12)8-10)9-3-5-18-6-4-9/h1-2,7-9,18H,3-6H2. The van der Waals surface area contributed by atoms with Gasteiger partial charge in [-0.3, -0.25) is 9.20 Å². The van der Waals surface area contributed by atoms with Crippen LogP contribution in [-0.2, 0) is 6.18 Å². The van der Waals surface area contributed by atoms with Crippen LogP contribution in [0.1, 0.15) is 30.0 Å². The summed E-state index contributed by atoms with van der Waals surface area (Å²) in [7, 11) is 0. The van der Waals surface area contributed by atoms with Crippen molar-refractivity contribution in [1.82, 2.24) is 14.7 Å². The molecule has 0 aromatic carbocycles. The summed E-state index contributed by atoms with van der Waals surface area (Å²) in [6.45, 7) is 1.72. The molecule has 0 spiro atoms. The second-order valence-corrected chi connectivity index (χ2v) is 5.19. The maximum atomic E-state index is 12.7. The minimum Gasteiger partial charge on any atom is -0.317 e. The Kier molecular flexibility index (Phi) is 3.44. The molecule has 0 radical (unpaired) electrons. The number of fused-ring (bicyclic) bond motifs is 1. The predicted molar refractivity (Wildman–Crippen MR) is 71.3 cm³/mol. The molecule has 1 aliphatic rings. The Labute approximate surface area is 118 Å². The van der Waals surface area contributed by atoms with Gasteiger partial charge >= 0.3 is 6.18 Å². The average Bonchev–Trinajstić information content (AvgIpc) is 2.47. The van der Waals surface area contributed by atoms with E-state index >= 15 is 0 Å². The first-order valence-electron chi connectivity index (χ1n) is 6.76. The Bertz CT molecular complexity index is 717. The summed E-state index contributed by atoms with van der Waals surface area (Å²) in [6.07, 6.45) is -1.91. The maximum absolute atomic E-state index is 12.7. The summed E-state index contributed by atoms with van der Waals surface area (Å²) < 4.78 is 39.0. The van der Waals surface area contributed by atoms with Crippen LogP contribution in [0.25, 0.3) is 5.65 Å². The number of pyridine rings is 1. The highest BCUT2D eigenvalue weighted by Gasteiger charge is 2.31. The number of rotatable bonds is 1. The average molecular weight is 297 g/mol. The largest absolute Gasteiger partial charge is 0.417 e. The Morgan fingerprint density at radius 1 is 1.24 bits per heavy atom. The van der Waals surface area contributed by atoms with Gasteiger partial charge in [-0.2, -0.15) is 13.2 Å². The molecule has 1 aliphatic heterocycles. The third kappa shape index (κ3) is 2.78. The lowest BCUT2D eigenvalue weighted by Gasteiger charge is -2.22. The van der Waals surface area contributed by atoms with Crippen molar-refractivity contribution in [3.8, 4) is 0 Å². The van der Waals surface area contributed by atoms with Gasteiger partial charge < -0.3 is 5.32 Å². The van der Waals surface area contributed by atoms with E-state index in [1.807, 2.05) is 0 Å². The Hall–Kier alpha value is -1.89. The van der Waals surface area contributed by atoms with E-state index in [-0.39, 0.29) is 11.6 Å². The van der Waals surface area contributed by atoms with E-state index in [9.17, 15) is 18.0 Å². The van der Waals surface area contributed by atoms with Crippen molar-refractivity contribution in [2.75, 3.05) is 13.1 Å². The smallest absolute Gasteiger partial charge is 0.317 e. The second kappa shape index (κ2) is 5.14. The van der Waals surface area contributed by atoms with Crippen molar-refractivity contribution in [3.05, 3.63) is 46.0 Å². The van der Waals surface area contributed by atoms with E-state index in [1.165, 1.54) is 12.1 Å². The summed E-state index contributed by atoms with van der Waals surface area (Å²) in [4.78, 5) is 16.4. The van der Waals surface area contributed by atoms with Crippen LogP contribution < -0.4 is 10.9 Å².